The summed E-state index contributed by atoms with van der Waals surface area (Å²) in [5, 5.41) is 21.4. The fourth-order valence-electron chi connectivity index (χ4n) is 1.04. The zero-order chi connectivity index (χ0) is 13.6. The van der Waals surface area contributed by atoms with Gasteiger partial charge in [-0.05, 0) is 6.92 Å². The van der Waals surface area contributed by atoms with Crippen molar-refractivity contribution in [2.24, 2.45) is 0 Å². The Morgan fingerprint density at radius 1 is 1.12 bits per heavy atom. The van der Waals surface area contributed by atoms with Crippen molar-refractivity contribution < 1.29 is 29.4 Å². The zero-order valence-corrected chi connectivity index (χ0v) is 9.39. The molecule has 0 radical (unpaired) electrons. The molecule has 0 aromatic rings. The minimum Gasteiger partial charge on any atom is -0.481 e. The number of hydrogen-bond acceptors (Lipinski definition) is 4. The van der Waals surface area contributed by atoms with E-state index in [0.717, 1.165) is 0 Å². The highest BCUT2D eigenvalue weighted by Gasteiger charge is 2.25. The van der Waals surface area contributed by atoms with Crippen molar-refractivity contribution in [1.82, 2.24) is 10.6 Å². The van der Waals surface area contributed by atoms with Crippen molar-refractivity contribution in [2.45, 2.75) is 32.4 Å². The Kier molecular flexibility index (Phi) is 5.65. The molecule has 17 heavy (non-hydrogen) atoms. The number of hydrogen-bond donors (Lipinski definition) is 4. The lowest BCUT2D eigenvalue weighted by molar-refractivity contribution is -0.147. The van der Waals surface area contributed by atoms with E-state index in [1.54, 1.807) is 0 Å². The van der Waals surface area contributed by atoms with E-state index in [1.165, 1.54) is 13.8 Å². The maximum atomic E-state index is 11.4. The molecule has 8 heteroatoms. The summed E-state index contributed by atoms with van der Waals surface area (Å²) in [6, 6.07) is -2.45. The third kappa shape index (κ3) is 6.13. The van der Waals surface area contributed by atoms with Crippen LogP contribution >= 0.6 is 0 Å². The summed E-state index contributed by atoms with van der Waals surface area (Å²) in [6.45, 7) is 2.56. The van der Waals surface area contributed by atoms with Gasteiger partial charge >= 0.3 is 11.9 Å². The van der Waals surface area contributed by atoms with Gasteiger partial charge < -0.3 is 20.8 Å². The SMILES string of the molecule is CC(=O)NC(C)C(=O)N[C@H](CC(=O)O)C(=O)O. The Morgan fingerprint density at radius 2 is 1.65 bits per heavy atom. The van der Waals surface area contributed by atoms with Crippen molar-refractivity contribution in [2.75, 3.05) is 0 Å². The first-order valence-electron chi connectivity index (χ1n) is 4.76. The molecule has 0 spiro atoms. The molecule has 0 aromatic heterocycles. The van der Waals surface area contributed by atoms with Crippen LogP contribution in [-0.2, 0) is 19.2 Å². The number of carboxylic acid groups (broad SMARTS) is 2. The monoisotopic (exact) mass is 246 g/mol. The van der Waals surface area contributed by atoms with Crippen LogP contribution < -0.4 is 10.6 Å². The molecule has 0 heterocycles. The van der Waals surface area contributed by atoms with Crippen LogP contribution in [0.3, 0.4) is 0 Å². The third-order valence-electron chi connectivity index (χ3n) is 1.81. The van der Waals surface area contributed by atoms with Gasteiger partial charge in [-0.15, -0.1) is 0 Å². The van der Waals surface area contributed by atoms with Crippen LogP contribution in [0.5, 0.6) is 0 Å². The molecule has 1 unspecified atom stereocenters. The molecule has 0 aromatic carbocycles. The summed E-state index contributed by atoms with van der Waals surface area (Å²) in [5.74, 6) is -3.99. The first-order chi connectivity index (χ1) is 7.73. The van der Waals surface area contributed by atoms with Gasteiger partial charge in [0.05, 0.1) is 6.42 Å². The summed E-state index contributed by atoms with van der Waals surface area (Å²) in [4.78, 5) is 43.1. The van der Waals surface area contributed by atoms with Gasteiger partial charge in [-0.25, -0.2) is 4.79 Å². The molecule has 96 valence electrons. The van der Waals surface area contributed by atoms with E-state index in [2.05, 4.69) is 5.32 Å². The molecule has 0 aliphatic heterocycles. The highest BCUT2D eigenvalue weighted by Crippen LogP contribution is 1.94. The molecular formula is C9H14N2O6. The second-order valence-electron chi connectivity index (χ2n) is 3.42. The Hall–Kier alpha value is -2.12. The number of carboxylic acids is 2. The van der Waals surface area contributed by atoms with Crippen LogP contribution in [-0.4, -0.2) is 46.0 Å². The zero-order valence-electron chi connectivity index (χ0n) is 9.39. The highest BCUT2D eigenvalue weighted by molar-refractivity contribution is 5.91. The molecule has 4 N–H and O–H groups in total. The maximum absolute atomic E-state index is 11.4. The maximum Gasteiger partial charge on any atom is 0.326 e. The molecule has 0 saturated heterocycles. The molecule has 2 atom stereocenters. The molecular weight excluding hydrogens is 232 g/mol. The number of aliphatic carboxylic acids is 2. The number of nitrogens with one attached hydrogen (secondary N) is 2. The van der Waals surface area contributed by atoms with Crippen LogP contribution in [0.1, 0.15) is 20.3 Å². The van der Waals surface area contributed by atoms with E-state index in [9.17, 15) is 19.2 Å². The van der Waals surface area contributed by atoms with Crippen molar-refractivity contribution in [3.05, 3.63) is 0 Å². The second-order valence-corrected chi connectivity index (χ2v) is 3.42. The lowest BCUT2D eigenvalue weighted by Crippen LogP contribution is -2.50. The molecule has 0 aliphatic rings. The van der Waals surface area contributed by atoms with Crippen LogP contribution in [0.15, 0.2) is 0 Å². The van der Waals surface area contributed by atoms with Crippen molar-refractivity contribution in [3.63, 3.8) is 0 Å². The molecule has 0 rings (SSSR count). The fraction of sp³-hybridized carbons (Fsp3) is 0.556. The Balaban J connectivity index is 4.44. The van der Waals surface area contributed by atoms with Crippen LogP contribution in [0.25, 0.3) is 0 Å². The van der Waals surface area contributed by atoms with Crippen molar-refractivity contribution in [1.29, 1.82) is 0 Å². The third-order valence-corrected chi connectivity index (χ3v) is 1.81. The van der Waals surface area contributed by atoms with Crippen LogP contribution in [0.2, 0.25) is 0 Å². The second kappa shape index (κ2) is 6.46. The van der Waals surface area contributed by atoms with Gasteiger partial charge in [0.1, 0.15) is 12.1 Å². The molecule has 0 aliphatic carbocycles. The van der Waals surface area contributed by atoms with E-state index >= 15 is 0 Å². The number of amides is 2. The average Bonchev–Trinajstić information content (AvgIpc) is 2.14. The standard InChI is InChI=1S/C9H14N2O6/c1-4(10-5(2)12)8(15)11-6(9(16)17)3-7(13)14/h4,6H,3H2,1-2H3,(H,10,12)(H,11,15)(H,13,14)(H,16,17)/t4?,6-/m1/s1. The minimum atomic E-state index is -1.52. The van der Waals surface area contributed by atoms with Gasteiger partial charge in [-0.3, -0.25) is 14.4 Å². The van der Waals surface area contributed by atoms with E-state index in [-0.39, 0.29) is 0 Å². The first kappa shape index (κ1) is 14.9. The topological polar surface area (TPSA) is 133 Å². The quantitative estimate of drug-likeness (QED) is 0.453. The lowest BCUT2D eigenvalue weighted by Gasteiger charge is -2.16. The summed E-state index contributed by atoms with van der Waals surface area (Å²) in [7, 11) is 0. The Bertz CT molecular complexity index is 340. The number of carbonyl (C=O) groups excluding carboxylic acids is 2. The van der Waals surface area contributed by atoms with Crippen LogP contribution in [0.4, 0.5) is 0 Å². The van der Waals surface area contributed by atoms with Crippen LogP contribution in [0, 0.1) is 0 Å². The molecule has 2 amide bonds. The highest BCUT2D eigenvalue weighted by atomic mass is 16.4. The summed E-state index contributed by atoms with van der Waals surface area (Å²) in [5.41, 5.74) is 0. The van der Waals surface area contributed by atoms with Gasteiger partial charge in [0.2, 0.25) is 11.8 Å². The van der Waals surface area contributed by atoms with Gasteiger partial charge in [-0.2, -0.15) is 0 Å². The van der Waals surface area contributed by atoms with Gasteiger partial charge in [0.25, 0.3) is 0 Å². The van der Waals surface area contributed by atoms with Crippen molar-refractivity contribution in [3.8, 4) is 0 Å². The van der Waals surface area contributed by atoms with Crippen molar-refractivity contribution >= 4 is 23.8 Å². The van der Waals surface area contributed by atoms with E-state index in [0.29, 0.717) is 0 Å². The van der Waals surface area contributed by atoms with Gasteiger partial charge in [0.15, 0.2) is 0 Å². The summed E-state index contributed by atoms with van der Waals surface area (Å²) < 4.78 is 0. The van der Waals surface area contributed by atoms with E-state index < -0.39 is 42.3 Å². The van der Waals surface area contributed by atoms with Gasteiger partial charge in [0, 0.05) is 6.92 Å². The van der Waals surface area contributed by atoms with E-state index in [1.807, 2.05) is 5.32 Å². The molecule has 0 saturated carbocycles. The molecule has 0 bridgehead atoms. The molecule has 8 nitrogen and oxygen atoms in total. The summed E-state index contributed by atoms with van der Waals surface area (Å²) in [6.07, 6.45) is -0.728. The normalized spacial score (nSPS) is 13.3. The Morgan fingerprint density at radius 3 is 2.00 bits per heavy atom. The van der Waals surface area contributed by atoms with E-state index in [4.69, 9.17) is 10.2 Å². The average molecular weight is 246 g/mol. The lowest BCUT2D eigenvalue weighted by atomic mass is 10.2. The largest absolute Gasteiger partial charge is 0.481 e. The Labute approximate surface area is 97.0 Å². The first-order valence-corrected chi connectivity index (χ1v) is 4.76. The summed E-state index contributed by atoms with van der Waals surface area (Å²) >= 11 is 0. The predicted octanol–water partition coefficient (Wildman–Crippen LogP) is -1.44. The van der Waals surface area contributed by atoms with Gasteiger partial charge in [-0.1, -0.05) is 0 Å². The molecule has 0 fully saturated rings. The number of rotatable bonds is 6. The minimum absolute atomic E-state index is 0.447. The predicted molar refractivity (Wildman–Crippen MR) is 55.1 cm³/mol. The fourth-order valence-corrected chi connectivity index (χ4v) is 1.04. The number of carbonyl (C=O) groups is 4. The smallest absolute Gasteiger partial charge is 0.326 e.